The van der Waals surface area contributed by atoms with E-state index in [-0.39, 0.29) is 5.91 Å². The van der Waals surface area contributed by atoms with Gasteiger partial charge in [-0.1, -0.05) is 31.9 Å². The Bertz CT molecular complexity index is 498. The number of hydrogen-bond donors (Lipinski definition) is 1. The molecule has 1 spiro atoms. The number of carbonyl (C=O) groups excluding carboxylic acids is 1. The highest BCUT2D eigenvalue weighted by Crippen LogP contribution is 2.46. The van der Waals surface area contributed by atoms with Crippen LogP contribution >= 0.6 is 31.9 Å². The summed E-state index contributed by atoms with van der Waals surface area (Å²) in [4.78, 5) is 12.1. The Kier molecular flexibility index (Phi) is 2.77. The van der Waals surface area contributed by atoms with Gasteiger partial charge in [0.05, 0.1) is 24.5 Å². The summed E-state index contributed by atoms with van der Waals surface area (Å²) >= 11 is 6.84. The van der Waals surface area contributed by atoms with Crippen LogP contribution in [0.25, 0.3) is 0 Å². The van der Waals surface area contributed by atoms with Gasteiger partial charge < -0.3 is 14.8 Å². The molecule has 4 nitrogen and oxygen atoms in total. The minimum atomic E-state index is -1.27. The Labute approximate surface area is 115 Å². The average Bonchev–Trinajstić information content (AvgIpc) is 2.53. The third kappa shape index (κ3) is 1.66. The van der Waals surface area contributed by atoms with E-state index < -0.39 is 5.79 Å². The second kappa shape index (κ2) is 4.05. The Morgan fingerprint density at radius 2 is 1.94 bits per heavy atom. The van der Waals surface area contributed by atoms with Gasteiger partial charge in [0.25, 0.3) is 11.7 Å². The smallest absolute Gasteiger partial charge is 0.289 e. The number of hydrogen-bond acceptors (Lipinski definition) is 3. The van der Waals surface area contributed by atoms with Gasteiger partial charge in [0, 0.05) is 8.95 Å². The summed E-state index contributed by atoms with van der Waals surface area (Å²) in [6.07, 6.45) is 0.804. The zero-order valence-corrected chi connectivity index (χ0v) is 11.9. The largest absolute Gasteiger partial charge is 0.338 e. The monoisotopic (exact) mass is 361 g/mol. The summed E-state index contributed by atoms with van der Waals surface area (Å²) in [5, 5.41) is 2.79. The Morgan fingerprint density at radius 3 is 2.65 bits per heavy atom. The SMILES string of the molecule is O=C1Nc2cc(Br)cc(Br)c2C12OCCCO2. The molecule has 1 aromatic carbocycles. The van der Waals surface area contributed by atoms with Crippen LogP contribution in [-0.2, 0) is 20.1 Å². The van der Waals surface area contributed by atoms with Crippen LogP contribution in [0, 0.1) is 0 Å². The number of rotatable bonds is 0. The van der Waals surface area contributed by atoms with E-state index in [1.165, 1.54) is 0 Å². The molecule has 2 heterocycles. The summed E-state index contributed by atoms with van der Waals surface area (Å²) in [5.41, 5.74) is 1.45. The number of amides is 1. The van der Waals surface area contributed by atoms with Gasteiger partial charge in [-0.2, -0.15) is 0 Å². The van der Waals surface area contributed by atoms with E-state index in [0.717, 1.165) is 26.6 Å². The molecule has 1 amide bonds. The number of carbonyl (C=O) groups is 1. The molecule has 6 heteroatoms. The second-order valence-corrected chi connectivity index (χ2v) is 5.70. The number of anilines is 1. The molecule has 0 unspecified atom stereocenters. The molecule has 3 rings (SSSR count). The maximum atomic E-state index is 12.1. The van der Waals surface area contributed by atoms with Crippen molar-refractivity contribution in [3.63, 3.8) is 0 Å². The maximum Gasteiger partial charge on any atom is 0.289 e. The fourth-order valence-corrected chi connectivity index (χ4v) is 3.62. The van der Waals surface area contributed by atoms with Crippen molar-refractivity contribution in [3.8, 4) is 0 Å². The number of benzene rings is 1. The zero-order valence-electron chi connectivity index (χ0n) is 8.76. The molecule has 1 saturated heterocycles. The molecule has 0 saturated carbocycles. The van der Waals surface area contributed by atoms with Gasteiger partial charge in [-0.3, -0.25) is 4.79 Å². The molecule has 2 aliphatic rings. The van der Waals surface area contributed by atoms with Crippen molar-refractivity contribution in [2.24, 2.45) is 0 Å². The average molecular weight is 363 g/mol. The van der Waals surface area contributed by atoms with Crippen molar-refractivity contribution >= 4 is 43.5 Å². The van der Waals surface area contributed by atoms with Crippen molar-refractivity contribution in [2.45, 2.75) is 12.2 Å². The lowest BCUT2D eigenvalue weighted by Gasteiger charge is -2.32. The number of nitrogens with one attached hydrogen (secondary N) is 1. The van der Waals surface area contributed by atoms with Crippen molar-refractivity contribution in [1.82, 2.24) is 0 Å². The quantitative estimate of drug-likeness (QED) is 0.771. The van der Waals surface area contributed by atoms with Gasteiger partial charge in [-0.25, -0.2) is 0 Å². The van der Waals surface area contributed by atoms with E-state index >= 15 is 0 Å². The van der Waals surface area contributed by atoms with E-state index in [2.05, 4.69) is 37.2 Å². The molecular formula is C11H9Br2NO3. The van der Waals surface area contributed by atoms with Gasteiger partial charge in [-0.05, 0) is 18.6 Å². The first kappa shape index (κ1) is 11.6. The molecule has 2 aliphatic heterocycles. The number of halogens is 2. The molecule has 90 valence electrons. The first-order valence-electron chi connectivity index (χ1n) is 5.22. The lowest BCUT2D eigenvalue weighted by molar-refractivity contribution is -0.255. The van der Waals surface area contributed by atoms with Crippen LogP contribution in [0.15, 0.2) is 21.1 Å². The summed E-state index contributed by atoms with van der Waals surface area (Å²) < 4.78 is 12.9. The molecule has 1 N–H and O–H groups in total. The number of fused-ring (bicyclic) bond motifs is 2. The highest BCUT2D eigenvalue weighted by molar-refractivity contribution is 9.11. The maximum absolute atomic E-state index is 12.1. The van der Waals surface area contributed by atoms with Gasteiger partial charge in [0.1, 0.15) is 0 Å². The normalized spacial score (nSPS) is 21.4. The van der Waals surface area contributed by atoms with Crippen LogP contribution in [0.5, 0.6) is 0 Å². The minimum absolute atomic E-state index is 0.258. The Balaban J connectivity index is 2.18. The van der Waals surface area contributed by atoms with Crippen molar-refractivity contribution < 1.29 is 14.3 Å². The van der Waals surface area contributed by atoms with Crippen LogP contribution in [-0.4, -0.2) is 19.1 Å². The number of ether oxygens (including phenoxy) is 2. The first-order chi connectivity index (χ1) is 8.13. The van der Waals surface area contributed by atoms with Crippen molar-refractivity contribution in [1.29, 1.82) is 0 Å². The fourth-order valence-electron chi connectivity index (χ4n) is 2.13. The Hall–Kier alpha value is -0.430. The van der Waals surface area contributed by atoms with Gasteiger partial charge in [0.15, 0.2) is 0 Å². The van der Waals surface area contributed by atoms with E-state index in [1.54, 1.807) is 0 Å². The van der Waals surface area contributed by atoms with E-state index in [1.807, 2.05) is 12.1 Å². The van der Waals surface area contributed by atoms with E-state index in [0.29, 0.717) is 13.2 Å². The van der Waals surface area contributed by atoms with Crippen LogP contribution in [0.4, 0.5) is 5.69 Å². The summed E-state index contributed by atoms with van der Waals surface area (Å²) in [6.45, 7) is 1.05. The van der Waals surface area contributed by atoms with E-state index in [4.69, 9.17) is 9.47 Å². The van der Waals surface area contributed by atoms with Gasteiger partial charge >= 0.3 is 0 Å². The van der Waals surface area contributed by atoms with Gasteiger partial charge in [0.2, 0.25) is 0 Å². The second-order valence-electron chi connectivity index (χ2n) is 3.93. The minimum Gasteiger partial charge on any atom is -0.338 e. The summed E-state index contributed by atoms with van der Waals surface area (Å²) in [7, 11) is 0. The topological polar surface area (TPSA) is 47.6 Å². The van der Waals surface area contributed by atoms with Crippen LogP contribution in [0.1, 0.15) is 12.0 Å². The zero-order chi connectivity index (χ0) is 12.0. The molecule has 0 aromatic heterocycles. The van der Waals surface area contributed by atoms with Crippen LogP contribution < -0.4 is 5.32 Å². The molecule has 1 fully saturated rings. The molecule has 0 bridgehead atoms. The van der Waals surface area contributed by atoms with Gasteiger partial charge in [-0.15, -0.1) is 0 Å². The first-order valence-corrected chi connectivity index (χ1v) is 6.81. The molecule has 17 heavy (non-hydrogen) atoms. The molecule has 0 aliphatic carbocycles. The lowest BCUT2D eigenvalue weighted by atomic mass is 10.1. The molecule has 0 radical (unpaired) electrons. The van der Waals surface area contributed by atoms with Crippen LogP contribution in [0.2, 0.25) is 0 Å². The highest BCUT2D eigenvalue weighted by atomic mass is 79.9. The highest BCUT2D eigenvalue weighted by Gasteiger charge is 2.52. The third-order valence-corrected chi connectivity index (χ3v) is 3.91. The molecular weight excluding hydrogens is 354 g/mol. The molecule has 0 atom stereocenters. The fraction of sp³-hybridized carbons (Fsp3) is 0.364. The summed E-state index contributed by atoms with van der Waals surface area (Å²) in [5.74, 6) is -1.53. The predicted molar refractivity (Wildman–Crippen MR) is 68.7 cm³/mol. The third-order valence-electron chi connectivity index (χ3n) is 2.83. The Morgan fingerprint density at radius 1 is 1.24 bits per heavy atom. The van der Waals surface area contributed by atoms with E-state index in [9.17, 15) is 4.79 Å². The molecule has 1 aromatic rings. The van der Waals surface area contributed by atoms with Crippen molar-refractivity contribution in [3.05, 3.63) is 26.6 Å². The van der Waals surface area contributed by atoms with Crippen molar-refractivity contribution in [2.75, 3.05) is 18.5 Å². The summed E-state index contributed by atoms with van der Waals surface area (Å²) in [6, 6.07) is 3.72. The lowest BCUT2D eigenvalue weighted by Crippen LogP contribution is -2.44. The standard InChI is InChI=1S/C11H9Br2NO3/c12-6-4-7(13)9-8(5-6)14-10(15)11(9)16-2-1-3-17-11/h4-5H,1-3H2,(H,14,15). The van der Waals surface area contributed by atoms with Crippen LogP contribution in [0.3, 0.4) is 0 Å². The predicted octanol–water partition coefficient (Wildman–Crippen LogP) is 2.75.